The standard InChI is InChI=1S/C22H21BrFNO2/c1-2-26-21-9-7-20(8-10-21)25-14-17-13-18(23)6-11-22(17)27-15-16-4-3-5-19(24)12-16/h3-13,25H,2,14-15H2,1H3. The van der Waals surface area contributed by atoms with E-state index in [2.05, 4.69) is 21.2 Å². The summed E-state index contributed by atoms with van der Waals surface area (Å²) in [5, 5.41) is 3.39. The number of ether oxygens (including phenoxy) is 2. The molecule has 0 radical (unpaired) electrons. The zero-order valence-corrected chi connectivity index (χ0v) is 16.6. The van der Waals surface area contributed by atoms with Crippen LogP contribution in [0.25, 0.3) is 0 Å². The van der Waals surface area contributed by atoms with Gasteiger partial charge in [-0.25, -0.2) is 4.39 Å². The molecule has 3 rings (SSSR count). The van der Waals surface area contributed by atoms with Gasteiger partial charge in [-0.1, -0.05) is 28.1 Å². The Morgan fingerprint density at radius 1 is 0.963 bits per heavy atom. The van der Waals surface area contributed by atoms with Crippen LogP contribution in [-0.2, 0) is 13.2 Å². The minimum atomic E-state index is -0.260. The van der Waals surface area contributed by atoms with Crippen molar-refractivity contribution in [3.8, 4) is 11.5 Å². The van der Waals surface area contributed by atoms with Crippen LogP contribution < -0.4 is 14.8 Å². The maximum atomic E-state index is 13.3. The summed E-state index contributed by atoms with van der Waals surface area (Å²) in [4.78, 5) is 0. The van der Waals surface area contributed by atoms with Crippen LogP contribution in [0.5, 0.6) is 11.5 Å². The van der Waals surface area contributed by atoms with Crippen LogP contribution in [-0.4, -0.2) is 6.61 Å². The van der Waals surface area contributed by atoms with Gasteiger partial charge >= 0.3 is 0 Å². The van der Waals surface area contributed by atoms with E-state index in [1.165, 1.54) is 12.1 Å². The molecule has 0 aliphatic carbocycles. The van der Waals surface area contributed by atoms with Crippen molar-refractivity contribution in [3.05, 3.63) is 88.1 Å². The minimum absolute atomic E-state index is 0.260. The number of rotatable bonds is 8. The molecule has 0 aliphatic rings. The predicted octanol–water partition coefficient (Wildman–Crippen LogP) is 6.18. The Morgan fingerprint density at radius 3 is 2.52 bits per heavy atom. The topological polar surface area (TPSA) is 30.5 Å². The second-order valence-corrected chi connectivity index (χ2v) is 6.90. The molecule has 0 fully saturated rings. The van der Waals surface area contributed by atoms with Crippen LogP contribution >= 0.6 is 15.9 Å². The summed E-state index contributed by atoms with van der Waals surface area (Å²) in [5.41, 5.74) is 2.80. The minimum Gasteiger partial charge on any atom is -0.494 e. The third-order valence-electron chi connectivity index (χ3n) is 3.95. The van der Waals surface area contributed by atoms with E-state index in [9.17, 15) is 4.39 Å². The molecule has 3 nitrogen and oxygen atoms in total. The van der Waals surface area contributed by atoms with Crippen LogP contribution in [0, 0.1) is 5.82 Å². The fraction of sp³-hybridized carbons (Fsp3) is 0.182. The molecule has 3 aromatic rings. The summed E-state index contributed by atoms with van der Waals surface area (Å²) >= 11 is 3.51. The van der Waals surface area contributed by atoms with E-state index in [-0.39, 0.29) is 5.82 Å². The third-order valence-corrected chi connectivity index (χ3v) is 4.45. The molecule has 0 atom stereocenters. The Kier molecular flexibility index (Phi) is 6.71. The molecule has 0 unspecified atom stereocenters. The van der Waals surface area contributed by atoms with Crippen LogP contribution in [0.15, 0.2) is 71.2 Å². The zero-order chi connectivity index (χ0) is 19.1. The lowest BCUT2D eigenvalue weighted by molar-refractivity contribution is 0.302. The van der Waals surface area contributed by atoms with E-state index in [1.54, 1.807) is 6.07 Å². The Hall–Kier alpha value is -2.53. The number of nitrogens with one attached hydrogen (secondary N) is 1. The highest BCUT2D eigenvalue weighted by Crippen LogP contribution is 2.26. The van der Waals surface area contributed by atoms with Gasteiger partial charge in [0.1, 0.15) is 23.9 Å². The lowest BCUT2D eigenvalue weighted by Crippen LogP contribution is -2.04. The van der Waals surface area contributed by atoms with E-state index < -0.39 is 0 Å². The fourth-order valence-corrected chi connectivity index (χ4v) is 3.06. The maximum absolute atomic E-state index is 13.3. The Morgan fingerprint density at radius 2 is 1.78 bits per heavy atom. The second kappa shape index (κ2) is 9.42. The van der Waals surface area contributed by atoms with E-state index >= 15 is 0 Å². The summed E-state index contributed by atoms with van der Waals surface area (Å²) < 4.78 is 25.7. The highest BCUT2D eigenvalue weighted by Gasteiger charge is 2.06. The first-order chi connectivity index (χ1) is 13.1. The summed E-state index contributed by atoms with van der Waals surface area (Å²) in [5.74, 6) is 1.36. The summed E-state index contributed by atoms with van der Waals surface area (Å²) in [6.07, 6.45) is 0. The number of hydrogen-bond donors (Lipinski definition) is 1. The van der Waals surface area contributed by atoms with Crippen molar-refractivity contribution in [3.63, 3.8) is 0 Å². The van der Waals surface area contributed by atoms with Gasteiger partial charge < -0.3 is 14.8 Å². The quantitative estimate of drug-likeness (QED) is 0.463. The van der Waals surface area contributed by atoms with Crippen LogP contribution in [0.1, 0.15) is 18.1 Å². The van der Waals surface area contributed by atoms with Gasteiger partial charge in [0, 0.05) is 22.3 Å². The third kappa shape index (κ3) is 5.73. The molecule has 140 valence electrons. The van der Waals surface area contributed by atoms with Gasteiger partial charge in [-0.2, -0.15) is 0 Å². The lowest BCUT2D eigenvalue weighted by Gasteiger charge is -2.14. The van der Waals surface area contributed by atoms with Crippen LogP contribution in [0.4, 0.5) is 10.1 Å². The van der Waals surface area contributed by atoms with Crippen molar-refractivity contribution in [2.24, 2.45) is 0 Å². The van der Waals surface area contributed by atoms with Gasteiger partial charge in [-0.05, 0) is 67.1 Å². The molecule has 0 aliphatic heterocycles. The fourth-order valence-electron chi connectivity index (χ4n) is 2.65. The number of anilines is 1. The van der Waals surface area contributed by atoms with Crippen molar-refractivity contribution in [2.45, 2.75) is 20.1 Å². The van der Waals surface area contributed by atoms with Crippen molar-refractivity contribution in [1.82, 2.24) is 0 Å². The van der Waals surface area contributed by atoms with Crippen LogP contribution in [0.2, 0.25) is 0 Å². The molecule has 0 heterocycles. The molecule has 0 saturated carbocycles. The van der Waals surface area contributed by atoms with E-state index in [0.717, 1.165) is 32.8 Å². The SMILES string of the molecule is CCOc1ccc(NCc2cc(Br)ccc2OCc2cccc(F)c2)cc1. The van der Waals surface area contributed by atoms with Crippen LogP contribution in [0.3, 0.4) is 0 Å². The molecule has 3 aromatic carbocycles. The Labute approximate surface area is 167 Å². The van der Waals surface area contributed by atoms with E-state index in [1.807, 2.05) is 55.5 Å². The first-order valence-electron chi connectivity index (χ1n) is 8.76. The lowest BCUT2D eigenvalue weighted by atomic mass is 10.2. The largest absolute Gasteiger partial charge is 0.494 e. The average Bonchev–Trinajstić information content (AvgIpc) is 2.67. The van der Waals surface area contributed by atoms with Gasteiger partial charge in [0.05, 0.1) is 6.61 Å². The van der Waals surface area contributed by atoms with Gasteiger partial charge in [0.2, 0.25) is 0 Å². The molecule has 0 amide bonds. The Bertz CT molecular complexity index is 884. The molecule has 0 aromatic heterocycles. The molecule has 5 heteroatoms. The molecule has 0 bridgehead atoms. The highest BCUT2D eigenvalue weighted by molar-refractivity contribution is 9.10. The zero-order valence-electron chi connectivity index (χ0n) is 15.0. The van der Waals surface area contributed by atoms with E-state index in [4.69, 9.17) is 9.47 Å². The van der Waals surface area contributed by atoms with E-state index in [0.29, 0.717) is 19.8 Å². The number of benzene rings is 3. The normalized spacial score (nSPS) is 10.5. The van der Waals surface area contributed by atoms with Gasteiger partial charge in [0.15, 0.2) is 0 Å². The average molecular weight is 430 g/mol. The van der Waals surface area contributed by atoms with Crippen molar-refractivity contribution in [1.29, 1.82) is 0 Å². The predicted molar refractivity (Wildman–Crippen MR) is 110 cm³/mol. The molecule has 1 N–H and O–H groups in total. The highest BCUT2D eigenvalue weighted by atomic mass is 79.9. The number of halogens is 2. The summed E-state index contributed by atoms with van der Waals surface area (Å²) in [6.45, 7) is 3.53. The Balaban J connectivity index is 1.66. The second-order valence-electron chi connectivity index (χ2n) is 5.98. The molecular formula is C22H21BrFNO2. The van der Waals surface area contributed by atoms with Gasteiger partial charge in [-0.15, -0.1) is 0 Å². The molecule has 0 saturated heterocycles. The first-order valence-corrected chi connectivity index (χ1v) is 9.56. The maximum Gasteiger partial charge on any atom is 0.124 e. The summed E-state index contributed by atoms with van der Waals surface area (Å²) in [7, 11) is 0. The van der Waals surface area contributed by atoms with Crippen molar-refractivity contribution < 1.29 is 13.9 Å². The summed E-state index contributed by atoms with van der Waals surface area (Å²) in [6, 6.07) is 20.1. The number of hydrogen-bond acceptors (Lipinski definition) is 3. The smallest absolute Gasteiger partial charge is 0.124 e. The monoisotopic (exact) mass is 429 g/mol. The first kappa shape index (κ1) is 19.2. The van der Waals surface area contributed by atoms with Gasteiger partial charge in [-0.3, -0.25) is 0 Å². The van der Waals surface area contributed by atoms with Crippen molar-refractivity contribution in [2.75, 3.05) is 11.9 Å². The molecular weight excluding hydrogens is 409 g/mol. The van der Waals surface area contributed by atoms with Crippen molar-refractivity contribution >= 4 is 21.6 Å². The van der Waals surface area contributed by atoms with Gasteiger partial charge in [0.25, 0.3) is 0 Å². The molecule has 0 spiro atoms. The molecule has 27 heavy (non-hydrogen) atoms.